The Kier molecular flexibility index (Phi) is 9.74. The summed E-state index contributed by atoms with van der Waals surface area (Å²) in [5.74, 6) is 0.844. The molecule has 1 aliphatic heterocycles. The molecule has 5 nitrogen and oxygen atoms in total. The van der Waals surface area contributed by atoms with E-state index in [1.165, 1.54) is 16.7 Å². The molecule has 0 saturated heterocycles. The summed E-state index contributed by atoms with van der Waals surface area (Å²) in [5, 5.41) is 6.59. The van der Waals surface area contributed by atoms with Gasteiger partial charge in [-0.2, -0.15) is 0 Å². The SMILES string of the molecule is CCc1ccc(C[C@](CCc2ccc(OC)cc2)(Op2oc3ccc4ccccc4c3c3c(ccc4ccccc43)o2)C2CCC(c3ccccc3)=N2)cc1. The summed E-state index contributed by atoms with van der Waals surface area (Å²) >= 11 is 0. The van der Waals surface area contributed by atoms with E-state index in [0.29, 0.717) is 12.8 Å². The van der Waals surface area contributed by atoms with Crippen molar-refractivity contribution < 1.29 is 17.7 Å². The Hall–Kier alpha value is -5.61. The first-order valence-corrected chi connectivity index (χ1v) is 20.4. The lowest BCUT2D eigenvalue weighted by atomic mass is 9.81. The van der Waals surface area contributed by atoms with E-state index in [1.54, 1.807) is 7.11 Å². The van der Waals surface area contributed by atoms with Gasteiger partial charge in [0.25, 0.3) is 0 Å². The van der Waals surface area contributed by atoms with Gasteiger partial charge in [0.15, 0.2) is 0 Å². The molecule has 0 fully saturated rings. The Morgan fingerprint density at radius 3 is 1.85 bits per heavy atom. The average Bonchev–Trinajstić information content (AvgIpc) is 3.69. The van der Waals surface area contributed by atoms with Crippen molar-refractivity contribution in [2.24, 2.45) is 4.99 Å². The molecule has 274 valence electrons. The average molecular weight is 742 g/mol. The number of nitrogens with zero attached hydrogens (tertiary/aromatic N) is 1. The highest BCUT2D eigenvalue weighted by Gasteiger charge is 2.44. The van der Waals surface area contributed by atoms with Gasteiger partial charge in [0.05, 0.1) is 13.2 Å². The van der Waals surface area contributed by atoms with Gasteiger partial charge in [0.1, 0.15) is 22.5 Å². The number of benzene rings is 7. The van der Waals surface area contributed by atoms with Gasteiger partial charge in [0.2, 0.25) is 0 Å². The summed E-state index contributed by atoms with van der Waals surface area (Å²) in [6.45, 7) is 2.20. The molecule has 0 amide bonds. The lowest BCUT2D eigenvalue weighted by molar-refractivity contribution is 0.0744. The van der Waals surface area contributed by atoms with Crippen molar-refractivity contribution in [2.75, 3.05) is 7.11 Å². The van der Waals surface area contributed by atoms with Crippen molar-refractivity contribution in [3.05, 3.63) is 174 Å². The normalized spacial score (nSPS) is 15.4. The van der Waals surface area contributed by atoms with Gasteiger partial charge < -0.3 is 13.1 Å². The highest BCUT2D eigenvalue weighted by molar-refractivity contribution is 7.31. The Bertz CT molecular complexity index is 2590. The third-order valence-electron chi connectivity index (χ3n) is 11.2. The summed E-state index contributed by atoms with van der Waals surface area (Å²) in [6.07, 6.45) is 4.89. The lowest BCUT2D eigenvalue weighted by Gasteiger charge is -2.36. The van der Waals surface area contributed by atoms with E-state index in [2.05, 4.69) is 146 Å². The summed E-state index contributed by atoms with van der Waals surface area (Å²) in [4.78, 5) is 5.53. The second-order valence-corrected chi connectivity index (χ2v) is 15.6. The van der Waals surface area contributed by atoms with Crippen molar-refractivity contribution in [2.45, 2.75) is 57.1 Å². The van der Waals surface area contributed by atoms with E-state index in [0.717, 1.165) is 86.2 Å². The summed E-state index contributed by atoms with van der Waals surface area (Å²) in [6, 6.07) is 53.2. The van der Waals surface area contributed by atoms with Gasteiger partial charge in [-0.15, -0.1) is 0 Å². The van der Waals surface area contributed by atoms with Gasteiger partial charge in [-0.1, -0.05) is 134 Å². The van der Waals surface area contributed by atoms with Crippen LogP contribution >= 0.6 is 8.24 Å². The maximum atomic E-state index is 7.58. The quantitative estimate of drug-likeness (QED) is 0.132. The molecule has 0 aliphatic carbocycles. The van der Waals surface area contributed by atoms with E-state index in [-0.39, 0.29) is 6.04 Å². The number of rotatable bonds is 11. The predicted molar refractivity (Wildman–Crippen MR) is 227 cm³/mol. The van der Waals surface area contributed by atoms with Crippen molar-refractivity contribution in [1.82, 2.24) is 0 Å². The first-order valence-electron chi connectivity index (χ1n) is 19.3. The highest BCUT2D eigenvalue weighted by Crippen LogP contribution is 2.45. The molecule has 0 N–H and O–H groups in total. The molecule has 2 atom stereocenters. The van der Waals surface area contributed by atoms with Crippen LogP contribution < -0.4 is 9.26 Å². The topological polar surface area (TPSA) is 57.1 Å². The molecule has 1 aromatic heterocycles. The van der Waals surface area contributed by atoms with Gasteiger partial charge in [-0.25, -0.2) is 0 Å². The fourth-order valence-electron chi connectivity index (χ4n) is 8.25. The Balaban J connectivity index is 1.26. The zero-order chi connectivity index (χ0) is 37.2. The lowest BCUT2D eigenvalue weighted by Crippen LogP contribution is -2.48. The van der Waals surface area contributed by atoms with Crippen molar-refractivity contribution in [3.8, 4) is 5.75 Å². The summed E-state index contributed by atoms with van der Waals surface area (Å²) in [5.41, 5.74) is 6.78. The number of hydrogen-bond acceptors (Lipinski definition) is 5. The van der Waals surface area contributed by atoms with E-state index < -0.39 is 13.8 Å². The third-order valence-corrected chi connectivity index (χ3v) is 12.4. The maximum Gasteiger partial charge on any atom is 0.388 e. The second-order valence-electron chi connectivity index (χ2n) is 14.6. The Morgan fingerprint density at radius 2 is 1.24 bits per heavy atom. The molecule has 0 bridgehead atoms. The fraction of sp³-hybridized carbons (Fsp3) is 0.204. The minimum Gasteiger partial charge on any atom is -0.497 e. The summed E-state index contributed by atoms with van der Waals surface area (Å²) in [7, 11) is -0.233. The maximum absolute atomic E-state index is 7.58. The highest BCUT2D eigenvalue weighted by atomic mass is 31.1. The third kappa shape index (κ3) is 7.07. The van der Waals surface area contributed by atoms with Gasteiger partial charge in [-0.05, 0) is 100 Å². The monoisotopic (exact) mass is 741 g/mol. The van der Waals surface area contributed by atoms with Crippen LogP contribution in [0, 0.1) is 0 Å². The number of aryl methyl sites for hydroxylation is 2. The van der Waals surface area contributed by atoms with Crippen LogP contribution in [0.1, 0.15) is 48.4 Å². The molecule has 7 aromatic carbocycles. The minimum absolute atomic E-state index is 0.128. The van der Waals surface area contributed by atoms with Gasteiger partial charge in [0, 0.05) is 22.9 Å². The van der Waals surface area contributed by atoms with Gasteiger partial charge >= 0.3 is 8.24 Å². The molecule has 1 aliphatic rings. The number of hydrogen-bond donors (Lipinski definition) is 0. The molecule has 9 rings (SSSR count). The first-order chi connectivity index (χ1) is 27.1. The van der Waals surface area contributed by atoms with E-state index in [9.17, 15) is 0 Å². The first kappa shape index (κ1) is 35.1. The van der Waals surface area contributed by atoms with Crippen molar-refractivity contribution in [1.29, 1.82) is 0 Å². The molecule has 1 unspecified atom stereocenters. The minimum atomic E-state index is -1.94. The van der Waals surface area contributed by atoms with E-state index in [1.807, 2.05) is 12.1 Å². The van der Waals surface area contributed by atoms with Crippen LogP contribution in [0.2, 0.25) is 0 Å². The molecule has 8 aromatic rings. The number of aliphatic imine (C=N–C) groups is 1. The van der Waals surface area contributed by atoms with Crippen molar-refractivity contribution in [3.63, 3.8) is 0 Å². The fourth-order valence-corrected chi connectivity index (χ4v) is 9.57. The second kappa shape index (κ2) is 15.3. The van der Waals surface area contributed by atoms with Crippen LogP contribution in [0.5, 0.6) is 5.75 Å². The number of fused-ring (bicyclic) bond motifs is 7. The van der Waals surface area contributed by atoms with Crippen LogP contribution in [0.3, 0.4) is 0 Å². The van der Waals surface area contributed by atoms with Crippen LogP contribution in [0.25, 0.3) is 43.5 Å². The number of ether oxygens (including phenoxy) is 1. The molecule has 0 spiro atoms. The Labute approximate surface area is 322 Å². The van der Waals surface area contributed by atoms with E-state index in [4.69, 9.17) is 22.6 Å². The van der Waals surface area contributed by atoms with Crippen LogP contribution in [-0.4, -0.2) is 24.5 Å². The standard InChI is InChI=1S/C49H44NO4P/c1-3-34-17-19-36(20-18-34)33-49(32-31-35-21-25-40(51-2)26-22-35,46-30-27-43(50-46)39-13-5-4-6-14-39)54-55-52-44-28-23-37-11-7-9-15-41(37)47(44)48-42-16-10-8-12-38(42)24-29-45(48)53-55/h4-26,28-29,46H,3,27,30-33H2,1-2H3/t46?,49-/m0/s1. The van der Waals surface area contributed by atoms with Crippen LogP contribution in [0.4, 0.5) is 0 Å². The zero-order valence-corrected chi connectivity index (χ0v) is 32.2. The molecular weight excluding hydrogens is 698 g/mol. The van der Waals surface area contributed by atoms with E-state index >= 15 is 0 Å². The smallest absolute Gasteiger partial charge is 0.388 e. The largest absolute Gasteiger partial charge is 0.497 e. The molecule has 6 heteroatoms. The Morgan fingerprint density at radius 1 is 0.655 bits per heavy atom. The van der Waals surface area contributed by atoms with Crippen molar-refractivity contribution >= 4 is 57.4 Å². The zero-order valence-electron chi connectivity index (χ0n) is 31.3. The molecule has 0 saturated carbocycles. The number of methoxy groups -OCH3 is 1. The molecule has 2 heterocycles. The molecule has 55 heavy (non-hydrogen) atoms. The van der Waals surface area contributed by atoms with Gasteiger partial charge in [-0.3, -0.25) is 9.52 Å². The van der Waals surface area contributed by atoms with Crippen LogP contribution in [0.15, 0.2) is 165 Å². The predicted octanol–water partition coefficient (Wildman–Crippen LogP) is 12.9. The van der Waals surface area contributed by atoms with Crippen LogP contribution in [-0.2, 0) is 19.3 Å². The molecule has 0 radical (unpaired) electrons. The molecular formula is C49H44NO4P. The summed E-state index contributed by atoms with van der Waals surface area (Å²) < 4.78 is 27.1.